The highest BCUT2D eigenvalue weighted by Crippen LogP contribution is 2.28. The SMILES string of the molecule is CCn1ncc(CN2CCC(c3cc(=O)[nH]c(N4CCCCC4)n3)CC2)c1C. The molecule has 0 spiro atoms. The quantitative estimate of drug-likeness (QED) is 0.858. The zero-order chi connectivity index (χ0) is 19.5. The van der Waals surface area contributed by atoms with Gasteiger partial charge in [-0.2, -0.15) is 5.10 Å². The average molecular weight is 385 g/mol. The Labute approximate surface area is 166 Å². The molecule has 0 unspecified atom stereocenters. The molecule has 152 valence electrons. The van der Waals surface area contributed by atoms with Crippen LogP contribution in [0.5, 0.6) is 0 Å². The fourth-order valence-electron chi connectivity index (χ4n) is 4.51. The molecule has 0 bridgehead atoms. The van der Waals surface area contributed by atoms with Crippen LogP contribution in [0.15, 0.2) is 17.1 Å². The van der Waals surface area contributed by atoms with Crippen molar-refractivity contribution >= 4 is 5.95 Å². The highest BCUT2D eigenvalue weighted by atomic mass is 16.1. The van der Waals surface area contributed by atoms with E-state index in [1.165, 1.54) is 30.5 Å². The van der Waals surface area contributed by atoms with Crippen molar-refractivity contribution in [2.75, 3.05) is 31.1 Å². The van der Waals surface area contributed by atoms with Gasteiger partial charge in [-0.05, 0) is 59.0 Å². The molecular formula is C21H32N6O. The normalized spacial score (nSPS) is 19.3. The first kappa shape index (κ1) is 19.2. The summed E-state index contributed by atoms with van der Waals surface area (Å²) in [6.45, 7) is 10.2. The van der Waals surface area contributed by atoms with E-state index in [1.54, 1.807) is 6.07 Å². The summed E-state index contributed by atoms with van der Waals surface area (Å²) in [6.07, 6.45) is 7.75. The number of aromatic amines is 1. The summed E-state index contributed by atoms with van der Waals surface area (Å²) >= 11 is 0. The standard InChI is InChI=1S/C21H32N6O/c1-3-27-16(2)18(14-22-27)15-25-11-7-17(8-12-25)19-13-20(28)24-21(23-19)26-9-5-4-6-10-26/h13-14,17H,3-12,15H2,1-2H3,(H,23,24,28). The molecular weight excluding hydrogens is 352 g/mol. The molecule has 1 N–H and O–H groups in total. The highest BCUT2D eigenvalue weighted by molar-refractivity contribution is 5.31. The van der Waals surface area contributed by atoms with Crippen molar-refractivity contribution in [3.05, 3.63) is 39.6 Å². The molecule has 0 atom stereocenters. The first-order valence-electron chi connectivity index (χ1n) is 10.7. The van der Waals surface area contributed by atoms with Gasteiger partial charge in [-0.15, -0.1) is 0 Å². The minimum Gasteiger partial charge on any atom is -0.342 e. The highest BCUT2D eigenvalue weighted by Gasteiger charge is 2.24. The van der Waals surface area contributed by atoms with E-state index < -0.39 is 0 Å². The lowest BCUT2D eigenvalue weighted by atomic mass is 9.93. The molecule has 2 aliphatic heterocycles. The molecule has 0 aromatic carbocycles. The molecule has 2 fully saturated rings. The number of hydrogen-bond acceptors (Lipinski definition) is 5. The van der Waals surface area contributed by atoms with Crippen LogP contribution in [0.25, 0.3) is 0 Å². The minimum atomic E-state index is -0.0180. The molecule has 0 aliphatic carbocycles. The molecule has 4 rings (SSSR count). The summed E-state index contributed by atoms with van der Waals surface area (Å²) in [5, 5.41) is 4.46. The van der Waals surface area contributed by atoms with Crippen LogP contribution in [0, 0.1) is 6.92 Å². The lowest BCUT2D eigenvalue weighted by molar-refractivity contribution is 0.203. The zero-order valence-corrected chi connectivity index (χ0v) is 17.2. The van der Waals surface area contributed by atoms with Gasteiger partial charge in [-0.1, -0.05) is 0 Å². The number of nitrogens with zero attached hydrogens (tertiary/aromatic N) is 5. The van der Waals surface area contributed by atoms with Gasteiger partial charge in [0, 0.05) is 49.4 Å². The van der Waals surface area contributed by atoms with E-state index in [9.17, 15) is 4.79 Å². The molecule has 2 aliphatic rings. The lowest BCUT2D eigenvalue weighted by Gasteiger charge is -2.32. The second-order valence-electron chi connectivity index (χ2n) is 8.16. The largest absolute Gasteiger partial charge is 0.342 e. The summed E-state index contributed by atoms with van der Waals surface area (Å²) in [6, 6.07) is 1.71. The Morgan fingerprint density at radius 2 is 1.89 bits per heavy atom. The van der Waals surface area contributed by atoms with Gasteiger partial charge in [-0.3, -0.25) is 19.4 Å². The van der Waals surface area contributed by atoms with E-state index in [1.807, 2.05) is 6.20 Å². The van der Waals surface area contributed by atoms with Crippen LogP contribution in [0.1, 0.15) is 61.9 Å². The predicted molar refractivity (Wildman–Crippen MR) is 111 cm³/mol. The van der Waals surface area contributed by atoms with Crippen molar-refractivity contribution < 1.29 is 0 Å². The number of likely N-dealkylation sites (tertiary alicyclic amines) is 1. The molecule has 7 nitrogen and oxygen atoms in total. The Kier molecular flexibility index (Phi) is 5.80. The van der Waals surface area contributed by atoms with Crippen LogP contribution < -0.4 is 10.5 Å². The maximum Gasteiger partial charge on any atom is 0.252 e. The molecule has 7 heteroatoms. The van der Waals surface area contributed by atoms with Gasteiger partial charge in [0.05, 0.1) is 11.9 Å². The molecule has 2 aromatic rings. The maximum absolute atomic E-state index is 12.2. The summed E-state index contributed by atoms with van der Waals surface area (Å²) in [7, 11) is 0. The van der Waals surface area contributed by atoms with Crippen molar-refractivity contribution in [1.82, 2.24) is 24.6 Å². The average Bonchev–Trinajstić information content (AvgIpc) is 3.08. The molecule has 2 saturated heterocycles. The molecule has 0 amide bonds. The van der Waals surface area contributed by atoms with Crippen LogP contribution in [0.2, 0.25) is 0 Å². The number of rotatable bonds is 5. The number of H-pyrrole nitrogens is 1. The maximum atomic E-state index is 12.2. The first-order chi connectivity index (χ1) is 13.6. The van der Waals surface area contributed by atoms with Crippen molar-refractivity contribution in [3.63, 3.8) is 0 Å². The van der Waals surface area contributed by atoms with Gasteiger partial charge in [0.15, 0.2) is 0 Å². The van der Waals surface area contributed by atoms with E-state index in [-0.39, 0.29) is 5.56 Å². The third-order valence-electron chi connectivity index (χ3n) is 6.31. The van der Waals surface area contributed by atoms with Crippen LogP contribution in [0.4, 0.5) is 5.95 Å². The van der Waals surface area contributed by atoms with Crippen LogP contribution in [0.3, 0.4) is 0 Å². The fraction of sp³-hybridized carbons (Fsp3) is 0.667. The van der Waals surface area contributed by atoms with E-state index in [4.69, 9.17) is 4.98 Å². The van der Waals surface area contributed by atoms with E-state index >= 15 is 0 Å². The second kappa shape index (κ2) is 8.47. The Balaban J connectivity index is 1.40. The zero-order valence-electron chi connectivity index (χ0n) is 17.2. The van der Waals surface area contributed by atoms with Crippen LogP contribution in [-0.4, -0.2) is 50.8 Å². The van der Waals surface area contributed by atoms with E-state index in [0.717, 1.165) is 63.8 Å². The topological polar surface area (TPSA) is 70.1 Å². The first-order valence-corrected chi connectivity index (χ1v) is 10.7. The van der Waals surface area contributed by atoms with Crippen LogP contribution >= 0.6 is 0 Å². The number of piperidine rings is 2. The number of hydrogen-bond donors (Lipinski definition) is 1. The third-order valence-corrected chi connectivity index (χ3v) is 6.31. The van der Waals surface area contributed by atoms with Gasteiger partial charge in [0.25, 0.3) is 5.56 Å². The Bertz CT molecular complexity index is 843. The minimum absolute atomic E-state index is 0.0180. The summed E-state index contributed by atoms with van der Waals surface area (Å²) in [5.41, 5.74) is 3.54. The number of anilines is 1. The van der Waals surface area contributed by atoms with E-state index in [2.05, 4.69) is 38.4 Å². The summed E-state index contributed by atoms with van der Waals surface area (Å²) in [4.78, 5) is 24.8. The van der Waals surface area contributed by atoms with E-state index in [0.29, 0.717) is 5.92 Å². The van der Waals surface area contributed by atoms with Crippen molar-refractivity contribution in [3.8, 4) is 0 Å². The van der Waals surface area contributed by atoms with Gasteiger partial charge in [0.1, 0.15) is 0 Å². The molecule has 2 aromatic heterocycles. The number of aromatic nitrogens is 4. The molecule has 4 heterocycles. The third kappa shape index (κ3) is 4.14. The van der Waals surface area contributed by atoms with Crippen molar-refractivity contribution in [2.45, 2.75) is 65.0 Å². The Hall–Kier alpha value is -2.15. The molecule has 28 heavy (non-hydrogen) atoms. The Morgan fingerprint density at radius 3 is 2.57 bits per heavy atom. The predicted octanol–water partition coefficient (Wildman–Crippen LogP) is 2.66. The molecule has 0 saturated carbocycles. The van der Waals surface area contributed by atoms with Gasteiger partial charge < -0.3 is 4.90 Å². The van der Waals surface area contributed by atoms with Gasteiger partial charge in [0.2, 0.25) is 5.95 Å². The fourth-order valence-corrected chi connectivity index (χ4v) is 4.51. The van der Waals surface area contributed by atoms with Crippen LogP contribution in [-0.2, 0) is 13.1 Å². The van der Waals surface area contributed by atoms with Crippen molar-refractivity contribution in [1.29, 1.82) is 0 Å². The number of nitrogens with one attached hydrogen (secondary N) is 1. The number of aryl methyl sites for hydroxylation is 1. The smallest absolute Gasteiger partial charge is 0.252 e. The van der Waals surface area contributed by atoms with Crippen molar-refractivity contribution in [2.24, 2.45) is 0 Å². The summed E-state index contributed by atoms with van der Waals surface area (Å²) in [5.74, 6) is 1.15. The second-order valence-corrected chi connectivity index (χ2v) is 8.16. The lowest BCUT2D eigenvalue weighted by Crippen LogP contribution is -2.35. The van der Waals surface area contributed by atoms with Gasteiger partial charge in [-0.25, -0.2) is 4.98 Å². The van der Waals surface area contributed by atoms with Gasteiger partial charge >= 0.3 is 0 Å². The summed E-state index contributed by atoms with van der Waals surface area (Å²) < 4.78 is 2.06. The monoisotopic (exact) mass is 384 g/mol. The molecule has 0 radical (unpaired) electrons. The Morgan fingerprint density at radius 1 is 1.14 bits per heavy atom.